The van der Waals surface area contributed by atoms with Crippen LogP contribution in [0.25, 0.3) is 22.4 Å². The minimum absolute atomic E-state index is 0.000332. The van der Waals surface area contributed by atoms with E-state index in [2.05, 4.69) is 25.6 Å². The smallest absolute Gasteiger partial charge is 0.223 e. The van der Waals surface area contributed by atoms with E-state index in [4.69, 9.17) is 4.74 Å². The summed E-state index contributed by atoms with van der Waals surface area (Å²) in [5.41, 5.74) is 2.74. The first kappa shape index (κ1) is 21.7. The number of aromatic nitrogens is 3. The van der Waals surface area contributed by atoms with E-state index in [1.54, 1.807) is 20.2 Å². The van der Waals surface area contributed by atoms with Gasteiger partial charge in [-0.2, -0.15) is 0 Å². The van der Waals surface area contributed by atoms with E-state index < -0.39 is 5.82 Å². The first-order chi connectivity index (χ1) is 15.5. The average Bonchev–Trinajstić information content (AvgIpc) is 2.81. The van der Waals surface area contributed by atoms with Gasteiger partial charge in [0.15, 0.2) is 5.82 Å². The van der Waals surface area contributed by atoms with Crippen LogP contribution >= 0.6 is 0 Å². The number of methoxy groups -OCH3 is 1. The van der Waals surface area contributed by atoms with Gasteiger partial charge in [0, 0.05) is 36.8 Å². The molecule has 0 bridgehead atoms. The number of ether oxygens (including phenoxy) is 1. The van der Waals surface area contributed by atoms with Crippen LogP contribution in [0.5, 0.6) is 5.88 Å². The molecular formula is C24H26FN5O2. The second kappa shape index (κ2) is 9.72. The van der Waals surface area contributed by atoms with Crippen molar-refractivity contribution in [2.45, 2.75) is 44.7 Å². The summed E-state index contributed by atoms with van der Waals surface area (Å²) in [7, 11) is 1.57. The summed E-state index contributed by atoms with van der Waals surface area (Å²) in [6.07, 6.45) is 6.44. The molecule has 0 unspecified atom stereocenters. The van der Waals surface area contributed by atoms with Crippen LogP contribution in [-0.2, 0) is 4.79 Å². The van der Waals surface area contributed by atoms with Gasteiger partial charge in [0.2, 0.25) is 17.7 Å². The van der Waals surface area contributed by atoms with Crippen molar-refractivity contribution in [1.29, 1.82) is 0 Å². The number of amides is 1. The zero-order chi connectivity index (χ0) is 22.5. The molecule has 0 saturated heterocycles. The van der Waals surface area contributed by atoms with Crippen LogP contribution in [0.4, 0.5) is 10.3 Å². The lowest BCUT2D eigenvalue weighted by Crippen LogP contribution is -2.39. The molecule has 7 nitrogen and oxygen atoms in total. The van der Waals surface area contributed by atoms with Crippen molar-refractivity contribution in [2.24, 2.45) is 0 Å². The lowest BCUT2D eigenvalue weighted by molar-refractivity contribution is -0.119. The van der Waals surface area contributed by atoms with Crippen molar-refractivity contribution < 1.29 is 13.9 Å². The highest BCUT2D eigenvalue weighted by molar-refractivity contribution is 5.73. The zero-order valence-electron chi connectivity index (χ0n) is 18.1. The first-order valence-corrected chi connectivity index (χ1v) is 10.7. The van der Waals surface area contributed by atoms with Crippen molar-refractivity contribution >= 4 is 11.9 Å². The molecule has 166 valence electrons. The van der Waals surface area contributed by atoms with Crippen molar-refractivity contribution in [3.8, 4) is 28.3 Å². The molecule has 1 saturated carbocycles. The third kappa shape index (κ3) is 5.19. The van der Waals surface area contributed by atoms with Gasteiger partial charge in [0.05, 0.1) is 13.3 Å². The Morgan fingerprint density at radius 1 is 1.03 bits per heavy atom. The van der Waals surface area contributed by atoms with Crippen molar-refractivity contribution in [3.63, 3.8) is 0 Å². The minimum Gasteiger partial charge on any atom is -0.481 e. The van der Waals surface area contributed by atoms with E-state index in [1.165, 1.54) is 6.20 Å². The fourth-order valence-corrected chi connectivity index (χ4v) is 4.04. The van der Waals surface area contributed by atoms with E-state index in [0.717, 1.165) is 36.8 Å². The lowest BCUT2D eigenvalue weighted by Gasteiger charge is -2.29. The Kier molecular flexibility index (Phi) is 6.58. The highest BCUT2D eigenvalue weighted by Crippen LogP contribution is 2.29. The SMILES string of the molecule is COc1cc(-c2cccc(-c3nc(N[C@H]4CC[C@H](NC(C)=O)CC4)ncc3F)c2)ccn1. The van der Waals surface area contributed by atoms with Crippen LogP contribution in [0.1, 0.15) is 32.6 Å². The van der Waals surface area contributed by atoms with E-state index >= 15 is 0 Å². The fourth-order valence-electron chi connectivity index (χ4n) is 4.04. The number of nitrogens with one attached hydrogen (secondary N) is 2. The number of rotatable bonds is 6. The normalized spacial score (nSPS) is 18.1. The zero-order valence-corrected chi connectivity index (χ0v) is 18.1. The first-order valence-electron chi connectivity index (χ1n) is 10.7. The number of nitrogens with zero attached hydrogens (tertiary/aromatic N) is 3. The van der Waals surface area contributed by atoms with Gasteiger partial charge in [-0.15, -0.1) is 0 Å². The number of carbonyl (C=O) groups excluding carboxylic acids is 1. The highest BCUT2D eigenvalue weighted by Gasteiger charge is 2.22. The standard InChI is InChI=1S/C24H26FN5O2/c1-15(31)28-19-6-8-20(9-7-19)29-24-27-14-21(25)23(30-24)18-5-3-4-16(12-18)17-10-11-26-22(13-17)32-2/h3-5,10-14,19-20H,6-9H2,1-2H3,(H,28,31)(H,27,29,30)/t19-,20-. The molecule has 1 aliphatic carbocycles. The summed E-state index contributed by atoms with van der Waals surface area (Å²) < 4.78 is 19.8. The Hall–Kier alpha value is -3.55. The van der Waals surface area contributed by atoms with Crippen LogP contribution in [0.2, 0.25) is 0 Å². The summed E-state index contributed by atoms with van der Waals surface area (Å²) in [5.74, 6) is 0.441. The van der Waals surface area contributed by atoms with Crippen LogP contribution in [-0.4, -0.2) is 40.1 Å². The third-order valence-corrected chi connectivity index (χ3v) is 5.63. The minimum atomic E-state index is -0.477. The number of hydrogen-bond donors (Lipinski definition) is 2. The summed E-state index contributed by atoms with van der Waals surface area (Å²) >= 11 is 0. The molecule has 0 radical (unpaired) electrons. The van der Waals surface area contributed by atoms with Crippen molar-refractivity contribution in [1.82, 2.24) is 20.3 Å². The molecule has 1 aliphatic rings. The number of hydrogen-bond acceptors (Lipinski definition) is 6. The molecule has 3 aromatic rings. The monoisotopic (exact) mass is 435 g/mol. The van der Waals surface area contributed by atoms with Gasteiger partial charge in [0.25, 0.3) is 0 Å². The summed E-state index contributed by atoms with van der Waals surface area (Å²) in [6, 6.07) is 11.7. The van der Waals surface area contributed by atoms with Crippen LogP contribution < -0.4 is 15.4 Å². The Morgan fingerprint density at radius 2 is 1.75 bits per heavy atom. The van der Waals surface area contributed by atoms with E-state index in [-0.39, 0.29) is 23.7 Å². The molecule has 32 heavy (non-hydrogen) atoms. The second-order valence-corrected chi connectivity index (χ2v) is 7.95. The van der Waals surface area contributed by atoms with E-state index in [0.29, 0.717) is 17.4 Å². The van der Waals surface area contributed by atoms with Gasteiger partial charge in [-0.05, 0) is 48.9 Å². The Labute approximate surface area is 186 Å². The number of anilines is 1. The topological polar surface area (TPSA) is 89.0 Å². The summed E-state index contributed by atoms with van der Waals surface area (Å²) in [6.45, 7) is 1.54. The highest BCUT2D eigenvalue weighted by atomic mass is 19.1. The second-order valence-electron chi connectivity index (χ2n) is 7.95. The number of carbonyl (C=O) groups is 1. The van der Waals surface area contributed by atoms with Gasteiger partial charge in [0.1, 0.15) is 5.69 Å². The Bertz CT molecular complexity index is 1100. The van der Waals surface area contributed by atoms with E-state index in [9.17, 15) is 9.18 Å². The van der Waals surface area contributed by atoms with Gasteiger partial charge in [-0.3, -0.25) is 4.79 Å². The molecule has 2 aromatic heterocycles. The molecule has 8 heteroatoms. The number of halogens is 1. The quantitative estimate of drug-likeness (QED) is 0.603. The number of pyridine rings is 1. The maximum absolute atomic E-state index is 14.6. The molecule has 1 amide bonds. The molecule has 0 aliphatic heterocycles. The molecule has 2 N–H and O–H groups in total. The summed E-state index contributed by atoms with van der Waals surface area (Å²) in [4.78, 5) is 24.0. The van der Waals surface area contributed by atoms with Gasteiger partial charge in [-0.25, -0.2) is 19.3 Å². The van der Waals surface area contributed by atoms with Crippen LogP contribution in [0, 0.1) is 5.82 Å². The molecule has 1 aromatic carbocycles. The molecule has 0 spiro atoms. The summed E-state index contributed by atoms with van der Waals surface area (Å²) in [5, 5.41) is 6.30. The van der Waals surface area contributed by atoms with Gasteiger partial charge >= 0.3 is 0 Å². The van der Waals surface area contributed by atoms with Gasteiger partial charge in [-0.1, -0.05) is 18.2 Å². The third-order valence-electron chi connectivity index (χ3n) is 5.63. The van der Waals surface area contributed by atoms with Crippen LogP contribution in [0.15, 0.2) is 48.8 Å². The van der Waals surface area contributed by atoms with Crippen molar-refractivity contribution in [2.75, 3.05) is 12.4 Å². The lowest BCUT2D eigenvalue weighted by atomic mass is 9.91. The predicted octanol–water partition coefficient (Wildman–Crippen LogP) is 4.21. The largest absolute Gasteiger partial charge is 0.481 e. The average molecular weight is 436 g/mol. The molecular weight excluding hydrogens is 409 g/mol. The fraction of sp³-hybridized carbons (Fsp3) is 0.333. The maximum atomic E-state index is 14.6. The molecule has 1 fully saturated rings. The molecule has 2 heterocycles. The van der Waals surface area contributed by atoms with Crippen molar-refractivity contribution in [3.05, 3.63) is 54.6 Å². The molecule has 0 atom stereocenters. The van der Waals surface area contributed by atoms with Gasteiger partial charge < -0.3 is 15.4 Å². The Balaban J connectivity index is 1.51. The van der Waals surface area contributed by atoms with Crippen LogP contribution in [0.3, 0.4) is 0 Å². The van der Waals surface area contributed by atoms with E-state index in [1.807, 2.05) is 36.4 Å². The molecule has 4 rings (SSSR count). The maximum Gasteiger partial charge on any atom is 0.223 e. The Morgan fingerprint density at radius 3 is 2.50 bits per heavy atom. The predicted molar refractivity (Wildman–Crippen MR) is 121 cm³/mol. The number of benzene rings is 1.